The largest absolute Gasteiger partial charge is 0.380 e. The Bertz CT molecular complexity index is 250. The second kappa shape index (κ2) is 4.10. The van der Waals surface area contributed by atoms with Crippen LogP contribution in [0.15, 0.2) is 0 Å². The van der Waals surface area contributed by atoms with E-state index in [1.807, 2.05) is 0 Å². The summed E-state index contributed by atoms with van der Waals surface area (Å²) < 4.78 is 5.11. The maximum atomic E-state index is 12.1. The Morgan fingerprint density at radius 2 is 1.73 bits per heavy atom. The fourth-order valence-corrected chi connectivity index (χ4v) is 4.86. The van der Waals surface area contributed by atoms with Crippen LogP contribution in [0.2, 0.25) is 0 Å². The molecule has 0 amide bonds. The zero-order chi connectivity index (χ0) is 10.3. The number of ketones is 1. The van der Waals surface area contributed by atoms with Crippen molar-refractivity contribution in [1.82, 2.24) is 0 Å². The maximum absolute atomic E-state index is 12.1. The molecule has 3 heteroatoms. The van der Waals surface area contributed by atoms with Crippen LogP contribution in [0.1, 0.15) is 32.1 Å². The summed E-state index contributed by atoms with van der Waals surface area (Å²) in [4.78, 5) is 12.1. The van der Waals surface area contributed by atoms with E-state index in [0.29, 0.717) is 24.9 Å². The highest BCUT2D eigenvalue weighted by molar-refractivity contribution is 8.00. The highest BCUT2D eigenvalue weighted by Crippen LogP contribution is 2.44. The molecule has 0 aromatic carbocycles. The summed E-state index contributed by atoms with van der Waals surface area (Å²) in [7, 11) is 0. The maximum Gasteiger partial charge on any atom is 0.143 e. The zero-order valence-electron chi connectivity index (χ0n) is 8.98. The van der Waals surface area contributed by atoms with E-state index in [0.717, 1.165) is 23.3 Å². The van der Waals surface area contributed by atoms with Crippen LogP contribution in [0, 0.1) is 11.8 Å². The minimum Gasteiger partial charge on any atom is -0.380 e. The average Bonchev–Trinajstić information content (AvgIpc) is 2.14. The summed E-state index contributed by atoms with van der Waals surface area (Å²) in [5, 5.41) is 1.57. The van der Waals surface area contributed by atoms with Crippen molar-refractivity contribution >= 4 is 17.5 Å². The van der Waals surface area contributed by atoms with Crippen LogP contribution in [0.4, 0.5) is 0 Å². The first-order chi connectivity index (χ1) is 7.33. The molecule has 0 aliphatic carbocycles. The van der Waals surface area contributed by atoms with Gasteiger partial charge in [0.15, 0.2) is 0 Å². The molecular weight excluding hydrogens is 208 g/mol. The lowest BCUT2D eigenvalue weighted by Crippen LogP contribution is -2.42. The predicted octanol–water partition coefficient (Wildman–Crippen LogP) is 2.27. The predicted molar refractivity (Wildman–Crippen MR) is 61.1 cm³/mol. The number of rotatable bonds is 2. The molecule has 3 aliphatic rings. The third kappa shape index (κ3) is 1.96. The summed E-state index contributed by atoms with van der Waals surface area (Å²) in [6, 6.07) is 0. The van der Waals surface area contributed by atoms with Gasteiger partial charge in [-0.1, -0.05) is 6.42 Å². The summed E-state index contributed by atoms with van der Waals surface area (Å²) in [6.45, 7) is 1.38. The SMILES string of the molecule is O=C(C1COC1)C1CC2CCCC(C1)S2. The summed E-state index contributed by atoms with van der Waals surface area (Å²) in [6.07, 6.45) is 6.36. The van der Waals surface area contributed by atoms with Gasteiger partial charge in [-0.05, 0) is 25.7 Å². The van der Waals surface area contributed by atoms with E-state index in [1.54, 1.807) is 0 Å². The quantitative estimate of drug-likeness (QED) is 0.722. The van der Waals surface area contributed by atoms with Crippen molar-refractivity contribution in [2.24, 2.45) is 11.8 Å². The van der Waals surface area contributed by atoms with Crippen LogP contribution in [0.3, 0.4) is 0 Å². The lowest BCUT2D eigenvalue weighted by Gasteiger charge is -2.39. The van der Waals surface area contributed by atoms with E-state index in [9.17, 15) is 4.79 Å². The van der Waals surface area contributed by atoms with Gasteiger partial charge in [-0.3, -0.25) is 4.79 Å². The van der Waals surface area contributed by atoms with Crippen LogP contribution < -0.4 is 0 Å². The first-order valence-electron chi connectivity index (χ1n) is 6.10. The second-order valence-electron chi connectivity index (χ2n) is 5.12. The minimum absolute atomic E-state index is 0.249. The van der Waals surface area contributed by atoms with Gasteiger partial charge in [-0.25, -0.2) is 0 Å². The lowest BCUT2D eigenvalue weighted by atomic mass is 9.82. The zero-order valence-corrected chi connectivity index (χ0v) is 9.80. The Labute approximate surface area is 95.1 Å². The van der Waals surface area contributed by atoms with E-state index >= 15 is 0 Å². The molecule has 0 spiro atoms. The minimum atomic E-state index is 0.249. The molecule has 2 nitrogen and oxygen atoms in total. The number of ether oxygens (including phenoxy) is 1. The number of Topliss-reactive ketones (excluding diaryl/α,β-unsaturated/α-hetero) is 1. The van der Waals surface area contributed by atoms with Gasteiger partial charge in [-0.2, -0.15) is 11.8 Å². The van der Waals surface area contributed by atoms with Crippen molar-refractivity contribution in [3.05, 3.63) is 0 Å². The molecule has 0 saturated carbocycles. The van der Waals surface area contributed by atoms with Crippen LogP contribution in [0.5, 0.6) is 0 Å². The number of hydrogen-bond acceptors (Lipinski definition) is 3. The molecule has 3 saturated heterocycles. The average molecular weight is 226 g/mol. The Balaban J connectivity index is 1.63. The summed E-state index contributed by atoms with van der Waals surface area (Å²) in [5.74, 6) is 1.13. The van der Waals surface area contributed by atoms with Gasteiger partial charge in [0.1, 0.15) is 5.78 Å². The molecule has 0 radical (unpaired) electrons. The smallest absolute Gasteiger partial charge is 0.143 e. The molecule has 3 fully saturated rings. The molecule has 84 valence electrons. The first kappa shape index (κ1) is 10.2. The second-order valence-corrected chi connectivity index (χ2v) is 6.72. The molecule has 0 aromatic rings. The number of hydrogen-bond donors (Lipinski definition) is 0. The highest BCUT2D eigenvalue weighted by atomic mass is 32.2. The van der Waals surface area contributed by atoms with Crippen molar-refractivity contribution in [1.29, 1.82) is 0 Å². The van der Waals surface area contributed by atoms with Crippen molar-refractivity contribution in [2.75, 3.05) is 13.2 Å². The van der Waals surface area contributed by atoms with Gasteiger partial charge in [0.05, 0.1) is 19.1 Å². The Morgan fingerprint density at radius 3 is 2.27 bits per heavy atom. The van der Waals surface area contributed by atoms with Crippen LogP contribution in [0.25, 0.3) is 0 Å². The van der Waals surface area contributed by atoms with E-state index in [1.165, 1.54) is 19.3 Å². The number of thioether (sulfide) groups is 1. The molecule has 3 rings (SSSR count). The first-order valence-corrected chi connectivity index (χ1v) is 7.04. The standard InChI is InChI=1S/C12H18O2S/c13-12(9-6-14-7-9)8-4-10-2-1-3-11(5-8)15-10/h8-11H,1-7H2. The van der Waals surface area contributed by atoms with Gasteiger partial charge in [-0.15, -0.1) is 0 Å². The Morgan fingerprint density at radius 1 is 1.07 bits per heavy atom. The van der Waals surface area contributed by atoms with Crippen LogP contribution >= 0.6 is 11.8 Å². The van der Waals surface area contributed by atoms with Gasteiger partial charge >= 0.3 is 0 Å². The molecule has 0 aromatic heterocycles. The van der Waals surface area contributed by atoms with Gasteiger partial charge in [0, 0.05) is 16.4 Å². The van der Waals surface area contributed by atoms with Crippen LogP contribution in [-0.2, 0) is 9.53 Å². The molecule has 2 atom stereocenters. The van der Waals surface area contributed by atoms with Crippen molar-refractivity contribution in [2.45, 2.75) is 42.6 Å². The van der Waals surface area contributed by atoms with Crippen molar-refractivity contribution in [3.8, 4) is 0 Å². The van der Waals surface area contributed by atoms with Crippen molar-refractivity contribution in [3.63, 3.8) is 0 Å². The van der Waals surface area contributed by atoms with Gasteiger partial charge < -0.3 is 4.74 Å². The monoisotopic (exact) mass is 226 g/mol. The summed E-state index contributed by atoms with van der Waals surface area (Å²) in [5.41, 5.74) is 0. The highest BCUT2D eigenvalue weighted by Gasteiger charge is 2.39. The van der Waals surface area contributed by atoms with Gasteiger partial charge in [0.2, 0.25) is 0 Å². The molecular formula is C12H18O2S. The fourth-order valence-electron chi connectivity index (χ4n) is 3.02. The fraction of sp³-hybridized carbons (Fsp3) is 0.917. The Hall–Kier alpha value is -0.0200. The number of carbonyl (C=O) groups is 1. The van der Waals surface area contributed by atoms with Gasteiger partial charge in [0.25, 0.3) is 0 Å². The lowest BCUT2D eigenvalue weighted by molar-refractivity contribution is -0.141. The van der Waals surface area contributed by atoms with E-state index in [-0.39, 0.29) is 5.92 Å². The number of fused-ring (bicyclic) bond motifs is 2. The third-order valence-electron chi connectivity index (χ3n) is 3.97. The molecule has 15 heavy (non-hydrogen) atoms. The molecule has 2 unspecified atom stereocenters. The van der Waals surface area contributed by atoms with E-state index in [2.05, 4.69) is 11.8 Å². The normalized spacial score (nSPS) is 40.9. The summed E-state index contributed by atoms with van der Waals surface area (Å²) >= 11 is 2.15. The molecule has 3 heterocycles. The molecule has 3 aliphatic heterocycles. The Kier molecular flexibility index (Phi) is 2.77. The topological polar surface area (TPSA) is 26.3 Å². The van der Waals surface area contributed by atoms with E-state index in [4.69, 9.17) is 4.74 Å². The third-order valence-corrected chi connectivity index (χ3v) is 5.60. The van der Waals surface area contributed by atoms with Crippen LogP contribution in [-0.4, -0.2) is 29.5 Å². The molecule has 2 bridgehead atoms. The van der Waals surface area contributed by atoms with E-state index < -0.39 is 0 Å². The molecule has 0 N–H and O–H groups in total. The number of carbonyl (C=O) groups excluding carboxylic acids is 1. The van der Waals surface area contributed by atoms with Crippen molar-refractivity contribution < 1.29 is 9.53 Å².